The minimum atomic E-state index is 0.0803. The Labute approximate surface area is 159 Å². The van der Waals surface area contributed by atoms with Gasteiger partial charge in [0.2, 0.25) is 0 Å². The molecule has 4 heteroatoms. The van der Waals surface area contributed by atoms with Crippen molar-refractivity contribution in [2.75, 3.05) is 19.7 Å². The Kier molecular flexibility index (Phi) is 4.90. The van der Waals surface area contributed by atoms with Gasteiger partial charge in [-0.1, -0.05) is 31.2 Å². The summed E-state index contributed by atoms with van der Waals surface area (Å²) in [6.07, 6.45) is 1.07. The van der Waals surface area contributed by atoms with E-state index in [1.54, 1.807) is 0 Å². The van der Waals surface area contributed by atoms with Gasteiger partial charge in [-0.25, -0.2) is 0 Å². The van der Waals surface area contributed by atoms with Gasteiger partial charge in [-0.3, -0.25) is 9.78 Å². The monoisotopic (exact) mass is 360 g/mol. The largest absolute Gasteiger partial charge is 0.375 e. The summed E-state index contributed by atoms with van der Waals surface area (Å²) in [5.41, 5.74) is 4.87. The minimum Gasteiger partial charge on any atom is -0.375 e. The molecule has 138 valence electrons. The van der Waals surface area contributed by atoms with E-state index >= 15 is 0 Å². The number of carbonyl (C=O) groups excluding carboxylic acids is 1. The lowest BCUT2D eigenvalue weighted by atomic mass is 10.0. The van der Waals surface area contributed by atoms with Gasteiger partial charge in [-0.05, 0) is 54.8 Å². The Morgan fingerprint density at radius 1 is 1.15 bits per heavy atom. The maximum Gasteiger partial charge on any atom is 0.254 e. The molecule has 2 heterocycles. The molecule has 4 nitrogen and oxygen atoms in total. The number of ether oxygens (including phenoxy) is 1. The van der Waals surface area contributed by atoms with E-state index in [4.69, 9.17) is 4.74 Å². The fraction of sp³-hybridized carbons (Fsp3) is 0.304. The minimum absolute atomic E-state index is 0.0803. The van der Waals surface area contributed by atoms with Gasteiger partial charge >= 0.3 is 0 Å². The molecule has 0 bridgehead atoms. The number of hydrogen-bond donors (Lipinski definition) is 0. The molecule has 1 aliphatic heterocycles. The summed E-state index contributed by atoms with van der Waals surface area (Å²) in [6.45, 7) is 6.02. The molecule has 0 aliphatic carbocycles. The van der Waals surface area contributed by atoms with Crippen molar-refractivity contribution in [1.82, 2.24) is 9.88 Å². The highest BCUT2D eigenvalue weighted by atomic mass is 16.5. The third-order valence-electron chi connectivity index (χ3n) is 5.15. The van der Waals surface area contributed by atoms with Crippen molar-refractivity contribution in [1.29, 1.82) is 0 Å². The number of fused-ring (bicyclic) bond motifs is 1. The van der Waals surface area contributed by atoms with Gasteiger partial charge in [-0.15, -0.1) is 0 Å². The number of nitrogens with zero attached hydrogens (tertiary/aromatic N) is 2. The summed E-state index contributed by atoms with van der Waals surface area (Å²) >= 11 is 0. The van der Waals surface area contributed by atoms with Crippen molar-refractivity contribution in [3.05, 3.63) is 65.9 Å². The van der Waals surface area contributed by atoms with Gasteiger partial charge in [0.05, 0.1) is 18.2 Å². The molecule has 1 atom stereocenters. The molecule has 0 N–H and O–H groups in total. The third kappa shape index (κ3) is 3.71. The second-order valence-corrected chi connectivity index (χ2v) is 7.09. The van der Waals surface area contributed by atoms with Crippen LogP contribution in [0.25, 0.3) is 22.0 Å². The van der Waals surface area contributed by atoms with E-state index in [1.165, 1.54) is 0 Å². The van der Waals surface area contributed by atoms with E-state index in [0.29, 0.717) is 19.7 Å². The molecule has 0 spiro atoms. The second kappa shape index (κ2) is 7.49. The van der Waals surface area contributed by atoms with Gasteiger partial charge in [-0.2, -0.15) is 0 Å². The molecule has 1 aliphatic rings. The molecule has 0 saturated carbocycles. The zero-order chi connectivity index (χ0) is 18.8. The predicted octanol–water partition coefficient (Wildman–Crippen LogP) is 4.46. The normalized spacial score (nSPS) is 17.3. The van der Waals surface area contributed by atoms with E-state index in [9.17, 15) is 4.79 Å². The van der Waals surface area contributed by atoms with Crippen molar-refractivity contribution >= 4 is 16.8 Å². The van der Waals surface area contributed by atoms with Crippen LogP contribution in [0.3, 0.4) is 0 Å². The Bertz CT molecular complexity index is 983. The van der Waals surface area contributed by atoms with Crippen LogP contribution in [0.4, 0.5) is 0 Å². The number of carbonyl (C=O) groups is 1. The topological polar surface area (TPSA) is 42.4 Å². The van der Waals surface area contributed by atoms with Gasteiger partial charge in [0.1, 0.15) is 0 Å². The SMILES string of the molecule is CCC1CN(C(=O)c2cccc(-c3ccc4nc(C)ccc4c3)c2)CCO1. The lowest BCUT2D eigenvalue weighted by Gasteiger charge is -2.32. The standard InChI is InChI=1S/C23H24N2O2/c1-3-21-15-25(11-12-27-21)23(26)20-6-4-5-17(14-20)18-9-10-22-19(13-18)8-7-16(2)24-22/h4-10,13-14,21H,3,11-12,15H2,1-2H3. The molecule has 2 aromatic carbocycles. The summed E-state index contributed by atoms with van der Waals surface area (Å²) in [5, 5.41) is 1.11. The number of morpholine rings is 1. The summed E-state index contributed by atoms with van der Waals surface area (Å²) < 4.78 is 5.69. The Balaban J connectivity index is 1.62. The molecule has 27 heavy (non-hydrogen) atoms. The van der Waals surface area contributed by atoms with Crippen LogP contribution in [0.1, 0.15) is 29.4 Å². The zero-order valence-electron chi connectivity index (χ0n) is 15.8. The summed E-state index contributed by atoms with van der Waals surface area (Å²) in [6, 6.07) is 18.2. The average molecular weight is 360 g/mol. The van der Waals surface area contributed by atoms with Crippen LogP contribution >= 0.6 is 0 Å². The predicted molar refractivity (Wildman–Crippen MR) is 108 cm³/mol. The molecule has 1 amide bonds. The number of aromatic nitrogens is 1. The highest BCUT2D eigenvalue weighted by Gasteiger charge is 2.24. The van der Waals surface area contributed by atoms with E-state index in [1.807, 2.05) is 48.2 Å². The van der Waals surface area contributed by atoms with Crippen molar-refractivity contribution < 1.29 is 9.53 Å². The Morgan fingerprint density at radius 3 is 2.85 bits per heavy atom. The van der Waals surface area contributed by atoms with Crippen LogP contribution in [-0.4, -0.2) is 41.6 Å². The lowest BCUT2D eigenvalue weighted by Crippen LogP contribution is -2.45. The fourth-order valence-electron chi connectivity index (χ4n) is 3.57. The van der Waals surface area contributed by atoms with Gasteiger partial charge in [0, 0.05) is 29.7 Å². The van der Waals surface area contributed by atoms with E-state index in [2.05, 4.69) is 30.1 Å². The Hall–Kier alpha value is -2.72. The first-order chi connectivity index (χ1) is 13.1. The molecular formula is C23H24N2O2. The molecule has 1 saturated heterocycles. The van der Waals surface area contributed by atoms with Crippen molar-refractivity contribution in [3.8, 4) is 11.1 Å². The number of pyridine rings is 1. The molecule has 1 fully saturated rings. The number of benzene rings is 2. The van der Waals surface area contributed by atoms with Gasteiger partial charge in [0.25, 0.3) is 5.91 Å². The molecule has 1 unspecified atom stereocenters. The molecule has 4 rings (SSSR count). The first-order valence-electron chi connectivity index (χ1n) is 9.53. The second-order valence-electron chi connectivity index (χ2n) is 7.09. The third-order valence-corrected chi connectivity index (χ3v) is 5.15. The van der Waals surface area contributed by atoms with Crippen LogP contribution in [-0.2, 0) is 4.74 Å². The van der Waals surface area contributed by atoms with Gasteiger partial charge < -0.3 is 9.64 Å². The van der Waals surface area contributed by atoms with Crippen LogP contribution in [0.2, 0.25) is 0 Å². The molecule has 0 radical (unpaired) electrons. The van der Waals surface area contributed by atoms with E-state index in [-0.39, 0.29) is 12.0 Å². The summed E-state index contributed by atoms with van der Waals surface area (Å²) in [4.78, 5) is 19.4. The van der Waals surface area contributed by atoms with Crippen LogP contribution in [0.5, 0.6) is 0 Å². The van der Waals surface area contributed by atoms with Crippen LogP contribution in [0.15, 0.2) is 54.6 Å². The first-order valence-corrected chi connectivity index (χ1v) is 9.53. The quantitative estimate of drug-likeness (QED) is 0.692. The lowest BCUT2D eigenvalue weighted by molar-refractivity contribution is -0.0226. The molecule has 3 aromatic rings. The first kappa shape index (κ1) is 17.7. The van der Waals surface area contributed by atoms with Crippen molar-refractivity contribution in [2.45, 2.75) is 26.4 Å². The number of amides is 1. The Morgan fingerprint density at radius 2 is 2.00 bits per heavy atom. The number of aryl methyl sites for hydroxylation is 1. The maximum absolute atomic E-state index is 13.0. The van der Waals surface area contributed by atoms with E-state index in [0.717, 1.165) is 39.7 Å². The molecular weight excluding hydrogens is 336 g/mol. The average Bonchev–Trinajstić information content (AvgIpc) is 2.73. The smallest absolute Gasteiger partial charge is 0.254 e. The fourth-order valence-corrected chi connectivity index (χ4v) is 3.57. The highest BCUT2D eigenvalue weighted by Crippen LogP contribution is 2.25. The molecule has 1 aromatic heterocycles. The van der Waals surface area contributed by atoms with Crippen LogP contribution < -0.4 is 0 Å². The summed E-state index contributed by atoms with van der Waals surface area (Å²) in [7, 11) is 0. The van der Waals surface area contributed by atoms with Crippen molar-refractivity contribution in [2.24, 2.45) is 0 Å². The van der Waals surface area contributed by atoms with Gasteiger partial charge in [0.15, 0.2) is 0 Å². The van der Waals surface area contributed by atoms with E-state index < -0.39 is 0 Å². The summed E-state index contributed by atoms with van der Waals surface area (Å²) in [5.74, 6) is 0.0803. The van der Waals surface area contributed by atoms with Crippen LogP contribution in [0, 0.1) is 6.92 Å². The maximum atomic E-state index is 13.0. The number of rotatable bonds is 3. The number of hydrogen-bond acceptors (Lipinski definition) is 3. The zero-order valence-corrected chi connectivity index (χ0v) is 15.8. The highest BCUT2D eigenvalue weighted by molar-refractivity contribution is 5.96. The van der Waals surface area contributed by atoms with Crippen molar-refractivity contribution in [3.63, 3.8) is 0 Å².